The molecule has 0 spiro atoms. The van der Waals surface area contributed by atoms with E-state index in [0.717, 1.165) is 6.42 Å². The van der Waals surface area contributed by atoms with Gasteiger partial charge in [-0.3, -0.25) is 0 Å². The van der Waals surface area contributed by atoms with Crippen LogP contribution >= 0.6 is 0 Å². The molecule has 32 heavy (non-hydrogen) atoms. The lowest BCUT2D eigenvalue weighted by Gasteiger charge is -2.24. The molecular formula is C31H25N. The number of aryl methyl sites for hydroxylation is 1. The molecule has 1 aliphatic heterocycles. The van der Waals surface area contributed by atoms with Gasteiger partial charge >= 0.3 is 0 Å². The quantitative estimate of drug-likeness (QED) is 0.327. The molecule has 6 rings (SSSR count). The summed E-state index contributed by atoms with van der Waals surface area (Å²) in [5.41, 5.74) is 11.8. The Labute approximate surface area is 190 Å². The second-order valence-corrected chi connectivity index (χ2v) is 8.61. The fraction of sp³-hybridized carbons (Fsp3) is 0.0968. The van der Waals surface area contributed by atoms with E-state index in [1.807, 2.05) is 0 Å². The van der Waals surface area contributed by atoms with Crippen LogP contribution in [0.2, 0.25) is 0 Å². The van der Waals surface area contributed by atoms with E-state index in [1.54, 1.807) is 0 Å². The summed E-state index contributed by atoms with van der Waals surface area (Å²) in [6, 6.07) is 35.2. The highest BCUT2D eigenvalue weighted by Gasteiger charge is 2.35. The number of rotatable bonds is 3. The van der Waals surface area contributed by atoms with Gasteiger partial charge in [-0.2, -0.15) is 0 Å². The maximum atomic E-state index is 2.43. The summed E-state index contributed by atoms with van der Waals surface area (Å²) in [5, 5.41) is 0. The third-order valence-electron chi connectivity index (χ3n) is 6.72. The molecule has 0 saturated carbocycles. The molecule has 1 aliphatic carbocycles. The summed E-state index contributed by atoms with van der Waals surface area (Å²) in [6.07, 6.45) is 7.82. The van der Waals surface area contributed by atoms with Crippen molar-refractivity contribution in [3.8, 4) is 22.3 Å². The van der Waals surface area contributed by atoms with Crippen LogP contribution in [0.1, 0.15) is 23.5 Å². The van der Waals surface area contributed by atoms with Crippen molar-refractivity contribution in [2.24, 2.45) is 0 Å². The van der Waals surface area contributed by atoms with Crippen molar-refractivity contribution in [3.05, 3.63) is 132 Å². The lowest BCUT2D eigenvalue weighted by molar-refractivity contribution is 0.820. The van der Waals surface area contributed by atoms with Gasteiger partial charge in [0, 0.05) is 23.0 Å². The number of anilines is 2. The van der Waals surface area contributed by atoms with Gasteiger partial charge < -0.3 is 4.90 Å². The Hall–Kier alpha value is -3.84. The first-order chi connectivity index (χ1) is 15.8. The largest absolute Gasteiger partial charge is 0.313 e. The van der Waals surface area contributed by atoms with Gasteiger partial charge in [0.15, 0.2) is 0 Å². The number of fused-ring (bicyclic) bond motifs is 3. The molecule has 4 aromatic carbocycles. The zero-order chi connectivity index (χ0) is 21.5. The van der Waals surface area contributed by atoms with Crippen molar-refractivity contribution < 1.29 is 0 Å². The van der Waals surface area contributed by atoms with Crippen molar-refractivity contribution in [3.63, 3.8) is 0 Å². The minimum Gasteiger partial charge on any atom is -0.313 e. The number of allylic oxidation sites excluding steroid dienone is 4. The zero-order valence-electron chi connectivity index (χ0n) is 18.2. The fourth-order valence-electron chi connectivity index (χ4n) is 5.19. The number of hydrogen-bond donors (Lipinski definition) is 0. The average molecular weight is 412 g/mol. The summed E-state index contributed by atoms with van der Waals surface area (Å²) in [5.74, 6) is 0.403. The first-order valence-corrected chi connectivity index (χ1v) is 11.3. The van der Waals surface area contributed by atoms with Crippen LogP contribution < -0.4 is 4.90 Å². The summed E-state index contributed by atoms with van der Waals surface area (Å²) < 4.78 is 0. The number of benzene rings is 4. The SMILES string of the molecule is Cc1ccccc1-c1ccccc1-c1ccc2c(c1)C1CC=CC=C1N2c1ccccc1. The molecule has 0 bridgehead atoms. The van der Waals surface area contributed by atoms with Crippen LogP contribution in [-0.2, 0) is 0 Å². The molecule has 0 amide bonds. The van der Waals surface area contributed by atoms with Crippen molar-refractivity contribution in [2.75, 3.05) is 4.90 Å². The van der Waals surface area contributed by atoms with E-state index in [1.165, 1.54) is 50.5 Å². The maximum Gasteiger partial charge on any atom is 0.0497 e. The molecule has 4 aromatic rings. The van der Waals surface area contributed by atoms with E-state index in [9.17, 15) is 0 Å². The summed E-state index contributed by atoms with van der Waals surface area (Å²) in [6.45, 7) is 2.19. The third-order valence-corrected chi connectivity index (χ3v) is 6.72. The van der Waals surface area contributed by atoms with Crippen LogP contribution in [0.15, 0.2) is 121 Å². The molecule has 0 saturated heterocycles. The van der Waals surface area contributed by atoms with Gasteiger partial charge in [-0.05, 0) is 77.1 Å². The number of hydrogen-bond acceptors (Lipinski definition) is 1. The molecule has 154 valence electrons. The predicted molar refractivity (Wildman–Crippen MR) is 135 cm³/mol. The standard InChI is InChI=1S/C31H25N/c1-22-11-5-6-14-25(22)27-16-8-7-15-26(27)23-19-20-31-29(21-23)28-17-9-10-18-30(28)32(31)24-12-3-2-4-13-24/h2-16,18-21,28H,17H2,1H3. The Morgan fingerprint density at radius 3 is 2.25 bits per heavy atom. The highest BCUT2D eigenvalue weighted by atomic mass is 15.2. The Kier molecular flexibility index (Phi) is 4.54. The second kappa shape index (κ2) is 7.69. The molecular weight excluding hydrogens is 386 g/mol. The van der Waals surface area contributed by atoms with E-state index >= 15 is 0 Å². The Balaban J connectivity index is 1.51. The van der Waals surface area contributed by atoms with E-state index in [4.69, 9.17) is 0 Å². The predicted octanol–water partition coefficient (Wildman–Crippen LogP) is 8.41. The first-order valence-electron chi connectivity index (χ1n) is 11.3. The molecule has 1 heterocycles. The first kappa shape index (κ1) is 18.9. The van der Waals surface area contributed by atoms with Crippen LogP contribution in [0, 0.1) is 6.92 Å². The van der Waals surface area contributed by atoms with Gasteiger partial charge in [0.25, 0.3) is 0 Å². The summed E-state index contributed by atoms with van der Waals surface area (Å²) in [4.78, 5) is 2.43. The smallest absolute Gasteiger partial charge is 0.0497 e. The lowest BCUT2D eigenvalue weighted by atomic mass is 9.88. The van der Waals surface area contributed by atoms with E-state index in [-0.39, 0.29) is 0 Å². The summed E-state index contributed by atoms with van der Waals surface area (Å²) >= 11 is 0. The molecule has 1 heteroatoms. The van der Waals surface area contributed by atoms with Crippen molar-refractivity contribution in [1.82, 2.24) is 0 Å². The highest BCUT2D eigenvalue weighted by molar-refractivity contribution is 5.88. The van der Waals surface area contributed by atoms with Crippen LogP contribution in [0.5, 0.6) is 0 Å². The average Bonchev–Trinajstić information content (AvgIpc) is 3.19. The van der Waals surface area contributed by atoms with Crippen LogP contribution in [0.3, 0.4) is 0 Å². The van der Waals surface area contributed by atoms with Crippen LogP contribution in [-0.4, -0.2) is 0 Å². The van der Waals surface area contributed by atoms with Gasteiger partial charge in [-0.1, -0.05) is 84.9 Å². The highest BCUT2D eigenvalue weighted by Crippen LogP contribution is 2.51. The summed E-state index contributed by atoms with van der Waals surface area (Å²) in [7, 11) is 0. The molecule has 0 radical (unpaired) electrons. The Morgan fingerprint density at radius 1 is 0.719 bits per heavy atom. The number of para-hydroxylation sites is 1. The molecule has 1 unspecified atom stereocenters. The van der Waals surface area contributed by atoms with Gasteiger partial charge in [-0.15, -0.1) is 0 Å². The fourth-order valence-corrected chi connectivity index (χ4v) is 5.19. The maximum absolute atomic E-state index is 2.43. The van der Waals surface area contributed by atoms with E-state index in [2.05, 4.69) is 127 Å². The molecule has 1 atom stereocenters. The molecule has 1 nitrogen and oxygen atoms in total. The minimum absolute atomic E-state index is 0.403. The van der Waals surface area contributed by atoms with Gasteiger partial charge in [0.05, 0.1) is 0 Å². The van der Waals surface area contributed by atoms with E-state index < -0.39 is 0 Å². The normalized spacial score (nSPS) is 16.5. The monoisotopic (exact) mass is 411 g/mol. The molecule has 0 aromatic heterocycles. The minimum atomic E-state index is 0.403. The van der Waals surface area contributed by atoms with Crippen LogP contribution in [0.25, 0.3) is 22.3 Å². The van der Waals surface area contributed by atoms with Crippen molar-refractivity contribution in [1.29, 1.82) is 0 Å². The van der Waals surface area contributed by atoms with Gasteiger partial charge in [0.1, 0.15) is 0 Å². The molecule has 2 aliphatic rings. The Morgan fingerprint density at radius 2 is 1.44 bits per heavy atom. The second-order valence-electron chi connectivity index (χ2n) is 8.61. The van der Waals surface area contributed by atoms with Crippen LogP contribution in [0.4, 0.5) is 11.4 Å². The molecule has 0 fully saturated rings. The van der Waals surface area contributed by atoms with Gasteiger partial charge in [-0.25, -0.2) is 0 Å². The Bertz CT molecular complexity index is 1360. The molecule has 0 N–H and O–H groups in total. The van der Waals surface area contributed by atoms with Crippen molar-refractivity contribution in [2.45, 2.75) is 19.3 Å². The topological polar surface area (TPSA) is 3.24 Å². The zero-order valence-corrected chi connectivity index (χ0v) is 18.2. The van der Waals surface area contributed by atoms with Gasteiger partial charge in [0.2, 0.25) is 0 Å². The van der Waals surface area contributed by atoms with E-state index in [0.29, 0.717) is 5.92 Å². The number of nitrogens with zero attached hydrogens (tertiary/aromatic N) is 1. The third kappa shape index (κ3) is 3.01. The lowest BCUT2D eigenvalue weighted by Crippen LogP contribution is -2.14. The van der Waals surface area contributed by atoms with Crippen molar-refractivity contribution >= 4 is 11.4 Å².